The highest BCUT2D eigenvalue weighted by atomic mass is 32.1. The molecule has 2 N–H and O–H groups in total. The average molecular weight is 470 g/mol. The van der Waals surface area contributed by atoms with Crippen molar-refractivity contribution >= 4 is 34.9 Å². The van der Waals surface area contributed by atoms with Crippen LogP contribution >= 0.6 is 12.2 Å². The van der Waals surface area contributed by atoms with Crippen molar-refractivity contribution in [2.45, 2.75) is 19.9 Å². The monoisotopic (exact) mass is 469 g/mol. The van der Waals surface area contributed by atoms with Crippen molar-refractivity contribution in [2.75, 3.05) is 33.2 Å². The quantitative estimate of drug-likeness (QED) is 0.469. The zero-order valence-electron chi connectivity index (χ0n) is 19.2. The van der Waals surface area contributed by atoms with Crippen molar-refractivity contribution in [3.8, 4) is 11.5 Å². The van der Waals surface area contributed by atoms with Crippen LogP contribution in [0.3, 0.4) is 0 Å². The molecule has 174 valence electrons. The Kier molecular flexibility index (Phi) is 7.55. The van der Waals surface area contributed by atoms with E-state index in [1.807, 2.05) is 13.0 Å². The average Bonchev–Trinajstić information content (AvgIpc) is 2.81. The van der Waals surface area contributed by atoms with Crippen LogP contribution in [0.2, 0.25) is 0 Å². The summed E-state index contributed by atoms with van der Waals surface area (Å²) in [6, 6.07) is 11.8. The molecular weight excluding hydrogens is 442 g/mol. The zero-order chi connectivity index (χ0) is 24.1. The molecular formula is C24H27N3O5S. The molecule has 0 aliphatic carbocycles. The van der Waals surface area contributed by atoms with Crippen LogP contribution in [0.5, 0.6) is 11.5 Å². The number of carbonyl (C=O) groups excluding carboxylic acids is 2. The molecule has 1 heterocycles. The van der Waals surface area contributed by atoms with E-state index in [0.717, 1.165) is 5.56 Å². The maximum Gasteiger partial charge on any atom is 0.338 e. The first kappa shape index (κ1) is 24.1. The third-order valence-corrected chi connectivity index (χ3v) is 5.77. The van der Waals surface area contributed by atoms with Gasteiger partial charge in [0.15, 0.2) is 5.11 Å². The summed E-state index contributed by atoms with van der Waals surface area (Å²) in [6.07, 6.45) is 0. The number of amides is 1. The van der Waals surface area contributed by atoms with Crippen molar-refractivity contribution in [1.29, 1.82) is 0 Å². The van der Waals surface area contributed by atoms with Gasteiger partial charge in [0, 0.05) is 18.4 Å². The third kappa shape index (κ3) is 4.93. The molecule has 1 unspecified atom stereocenters. The summed E-state index contributed by atoms with van der Waals surface area (Å²) in [5.41, 5.74) is 2.74. The molecule has 1 aliphatic rings. The van der Waals surface area contributed by atoms with Gasteiger partial charge in [0.1, 0.15) is 17.1 Å². The van der Waals surface area contributed by atoms with E-state index in [-0.39, 0.29) is 18.1 Å². The van der Waals surface area contributed by atoms with Gasteiger partial charge in [0.05, 0.1) is 32.4 Å². The predicted octanol–water partition coefficient (Wildman–Crippen LogP) is 3.65. The van der Waals surface area contributed by atoms with E-state index in [2.05, 4.69) is 10.6 Å². The Morgan fingerprint density at radius 2 is 1.76 bits per heavy atom. The van der Waals surface area contributed by atoms with E-state index in [1.54, 1.807) is 55.3 Å². The van der Waals surface area contributed by atoms with Crippen LogP contribution in [-0.4, -0.2) is 49.8 Å². The number of nitrogens with zero attached hydrogens (tertiary/aromatic N) is 1. The van der Waals surface area contributed by atoms with Crippen LogP contribution in [0.15, 0.2) is 53.7 Å². The van der Waals surface area contributed by atoms with E-state index < -0.39 is 12.0 Å². The molecule has 1 amide bonds. The number of hydrogen-bond acceptors (Lipinski definition) is 6. The van der Waals surface area contributed by atoms with Crippen LogP contribution in [0.1, 0.15) is 35.8 Å². The first-order chi connectivity index (χ1) is 15.8. The lowest BCUT2D eigenvalue weighted by Crippen LogP contribution is -2.46. The van der Waals surface area contributed by atoms with Crippen molar-refractivity contribution in [3.05, 3.63) is 64.9 Å². The van der Waals surface area contributed by atoms with Gasteiger partial charge in [-0.25, -0.2) is 4.79 Å². The Balaban J connectivity index is 1.96. The molecule has 3 rings (SSSR count). The van der Waals surface area contributed by atoms with Crippen LogP contribution in [0.25, 0.3) is 0 Å². The van der Waals surface area contributed by atoms with Gasteiger partial charge >= 0.3 is 5.97 Å². The lowest BCUT2D eigenvalue weighted by molar-refractivity contribution is -0.139. The fraction of sp³-hybridized carbons (Fsp3) is 0.292. The summed E-state index contributed by atoms with van der Waals surface area (Å²) < 4.78 is 16.0. The standard InChI is InChI=1S/C24H27N3O5S/c1-6-32-23(29)19-14(2)27(3)24(33)26-21(19)15-9-7-10-16(13-15)25-22(28)20-17(30-4)11-8-12-18(20)31-5/h7-13,21H,6H2,1-5H3,(H,25,28)(H,26,33). The van der Waals surface area contributed by atoms with Gasteiger partial charge in [-0.15, -0.1) is 0 Å². The Bertz CT molecular complexity index is 1090. The third-order valence-electron chi connectivity index (χ3n) is 5.38. The molecule has 0 bridgehead atoms. The number of methoxy groups -OCH3 is 2. The largest absolute Gasteiger partial charge is 0.496 e. The SMILES string of the molecule is CCOC(=O)C1=C(C)N(C)C(=S)NC1c1cccc(NC(=O)c2c(OC)cccc2OC)c1. The second kappa shape index (κ2) is 10.4. The van der Waals surface area contributed by atoms with Crippen molar-refractivity contribution in [3.63, 3.8) is 0 Å². The van der Waals surface area contributed by atoms with Crippen LogP contribution in [-0.2, 0) is 9.53 Å². The fourth-order valence-electron chi connectivity index (χ4n) is 3.62. The lowest BCUT2D eigenvalue weighted by atomic mass is 9.94. The minimum absolute atomic E-state index is 0.257. The molecule has 33 heavy (non-hydrogen) atoms. The first-order valence-electron chi connectivity index (χ1n) is 10.4. The predicted molar refractivity (Wildman–Crippen MR) is 130 cm³/mol. The second-order valence-corrected chi connectivity index (χ2v) is 7.66. The maximum absolute atomic E-state index is 13.1. The number of benzene rings is 2. The normalized spacial score (nSPS) is 15.6. The minimum Gasteiger partial charge on any atom is -0.496 e. The van der Waals surface area contributed by atoms with Gasteiger partial charge in [-0.2, -0.15) is 0 Å². The fourth-order valence-corrected chi connectivity index (χ4v) is 3.88. The maximum atomic E-state index is 13.1. The van der Waals surface area contributed by atoms with Gasteiger partial charge < -0.3 is 29.7 Å². The van der Waals surface area contributed by atoms with Crippen molar-refractivity contribution < 1.29 is 23.8 Å². The summed E-state index contributed by atoms with van der Waals surface area (Å²) in [7, 11) is 4.77. The molecule has 1 aliphatic heterocycles. The van der Waals surface area contributed by atoms with E-state index in [0.29, 0.717) is 33.6 Å². The van der Waals surface area contributed by atoms with Crippen molar-refractivity contribution in [1.82, 2.24) is 10.2 Å². The van der Waals surface area contributed by atoms with Crippen LogP contribution in [0, 0.1) is 0 Å². The molecule has 9 heteroatoms. The van der Waals surface area contributed by atoms with Crippen LogP contribution in [0.4, 0.5) is 5.69 Å². The first-order valence-corrected chi connectivity index (χ1v) is 10.8. The Morgan fingerprint density at radius 1 is 1.12 bits per heavy atom. The molecule has 0 saturated carbocycles. The number of thiocarbonyl (C=S) groups is 1. The number of nitrogens with one attached hydrogen (secondary N) is 2. The second-order valence-electron chi connectivity index (χ2n) is 7.28. The minimum atomic E-state index is -0.523. The summed E-state index contributed by atoms with van der Waals surface area (Å²) in [5.74, 6) is -0.0114. The highest BCUT2D eigenvalue weighted by molar-refractivity contribution is 7.80. The number of anilines is 1. The van der Waals surface area contributed by atoms with E-state index in [9.17, 15) is 9.59 Å². The molecule has 8 nitrogen and oxygen atoms in total. The highest BCUT2D eigenvalue weighted by Crippen LogP contribution is 2.33. The number of rotatable bonds is 7. The number of ether oxygens (including phenoxy) is 3. The Hall–Kier alpha value is -3.59. The van der Waals surface area contributed by atoms with Crippen molar-refractivity contribution in [2.24, 2.45) is 0 Å². The van der Waals surface area contributed by atoms with Gasteiger partial charge in [-0.05, 0) is 55.9 Å². The van der Waals surface area contributed by atoms with Gasteiger partial charge in [0.25, 0.3) is 5.91 Å². The number of esters is 1. The summed E-state index contributed by atoms with van der Waals surface area (Å²) in [6.45, 7) is 3.84. The smallest absolute Gasteiger partial charge is 0.338 e. The van der Waals surface area contributed by atoms with E-state index in [4.69, 9.17) is 26.4 Å². The summed E-state index contributed by atoms with van der Waals surface area (Å²) in [4.78, 5) is 27.5. The highest BCUT2D eigenvalue weighted by Gasteiger charge is 2.33. The van der Waals surface area contributed by atoms with Crippen LogP contribution < -0.4 is 20.1 Å². The van der Waals surface area contributed by atoms with E-state index in [1.165, 1.54) is 14.2 Å². The molecule has 0 spiro atoms. The molecule has 1 atom stereocenters. The number of allylic oxidation sites excluding steroid dienone is 1. The summed E-state index contributed by atoms with van der Waals surface area (Å²) >= 11 is 5.44. The number of hydrogen-bond donors (Lipinski definition) is 2. The molecule has 0 fully saturated rings. The lowest BCUT2D eigenvalue weighted by Gasteiger charge is -2.35. The van der Waals surface area contributed by atoms with Gasteiger partial charge in [0.2, 0.25) is 0 Å². The molecule has 2 aromatic carbocycles. The topological polar surface area (TPSA) is 89.1 Å². The Morgan fingerprint density at radius 3 is 2.36 bits per heavy atom. The summed E-state index contributed by atoms with van der Waals surface area (Å²) in [5, 5.41) is 6.57. The van der Waals surface area contributed by atoms with E-state index >= 15 is 0 Å². The Labute approximate surface area is 198 Å². The van der Waals surface area contributed by atoms with Gasteiger partial charge in [-0.3, -0.25) is 4.79 Å². The van der Waals surface area contributed by atoms with Gasteiger partial charge in [-0.1, -0.05) is 18.2 Å². The molecule has 2 aromatic rings. The zero-order valence-corrected chi connectivity index (χ0v) is 20.0. The number of carbonyl (C=O) groups is 2. The molecule has 0 saturated heterocycles. The molecule has 0 radical (unpaired) electrons. The molecule has 0 aromatic heterocycles.